The number of hydrogen-bond donors (Lipinski definition) is 1. The maximum atomic E-state index is 12.7. The van der Waals surface area contributed by atoms with E-state index in [9.17, 15) is 13.2 Å². The zero-order chi connectivity index (χ0) is 21.6. The molecule has 5 rings (SSSR count). The van der Waals surface area contributed by atoms with E-state index in [0.29, 0.717) is 28.0 Å². The Morgan fingerprint density at radius 2 is 1.90 bits per heavy atom. The molecule has 0 bridgehead atoms. The van der Waals surface area contributed by atoms with Gasteiger partial charge in [0, 0.05) is 6.20 Å². The molecule has 1 aromatic carbocycles. The minimum Gasteiger partial charge on any atom is -0.353 e. The topological polar surface area (TPSA) is 107 Å². The smallest absolute Gasteiger partial charge is 0.353 e. The van der Waals surface area contributed by atoms with Crippen LogP contribution in [0.25, 0.3) is 16.6 Å². The van der Waals surface area contributed by atoms with Crippen LogP contribution >= 0.6 is 0 Å². The first-order valence-corrected chi connectivity index (χ1v) is 8.79. The third kappa shape index (κ3) is 3.31. The van der Waals surface area contributed by atoms with Crippen LogP contribution < -0.4 is 5.32 Å². The van der Waals surface area contributed by atoms with Gasteiger partial charge in [-0.15, -0.1) is 10.2 Å². The van der Waals surface area contributed by atoms with Crippen molar-refractivity contribution in [1.29, 1.82) is 0 Å². The zero-order valence-electron chi connectivity index (χ0n) is 15.6. The lowest BCUT2D eigenvalue weighted by Gasteiger charge is -1.99. The largest absolute Gasteiger partial charge is 0.455 e. The Morgan fingerprint density at radius 3 is 2.71 bits per heavy atom. The quantitative estimate of drug-likeness (QED) is 0.427. The normalized spacial score (nSPS) is 11.6. The third-order valence-corrected chi connectivity index (χ3v) is 4.37. The fourth-order valence-corrected chi connectivity index (χ4v) is 2.88. The lowest BCUT2D eigenvalue weighted by atomic mass is 10.1. The van der Waals surface area contributed by atoms with Gasteiger partial charge >= 0.3 is 12.2 Å². The van der Waals surface area contributed by atoms with Crippen molar-refractivity contribution in [2.45, 2.75) is 13.1 Å². The van der Waals surface area contributed by atoms with Crippen LogP contribution in [0.5, 0.6) is 0 Å². The van der Waals surface area contributed by atoms with Crippen molar-refractivity contribution in [2.75, 3.05) is 5.32 Å². The fourth-order valence-electron chi connectivity index (χ4n) is 2.88. The standard InChI is InChI=1S/C19H10F3N7O2/c1-10-5-6-12-15(11(10)7-8-14-26-25-13-4-2-3-9-29(13)14)30-27-16(12)23-18-24-17(28-31-18)19(20,21)22/h2-6,9H,1H3,(H,23,24,27,28). The summed E-state index contributed by atoms with van der Waals surface area (Å²) in [7, 11) is 0. The molecule has 0 unspecified atom stereocenters. The summed E-state index contributed by atoms with van der Waals surface area (Å²) in [5.41, 5.74) is 2.37. The number of hydrogen-bond acceptors (Lipinski definition) is 8. The number of halogens is 3. The number of aromatic nitrogens is 6. The summed E-state index contributed by atoms with van der Waals surface area (Å²) in [5.74, 6) is 5.13. The second-order valence-corrected chi connectivity index (χ2v) is 6.41. The lowest BCUT2D eigenvalue weighted by molar-refractivity contribution is -0.146. The Hall–Kier alpha value is -4.40. The van der Waals surface area contributed by atoms with Crippen LogP contribution in [0.15, 0.2) is 45.6 Å². The number of fused-ring (bicyclic) bond motifs is 2. The zero-order valence-corrected chi connectivity index (χ0v) is 15.6. The van der Waals surface area contributed by atoms with Crippen LogP contribution in [0.3, 0.4) is 0 Å². The second kappa shape index (κ2) is 6.84. The van der Waals surface area contributed by atoms with E-state index < -0.39 is 18.0 Å². The van der Waals surface area contributed by atoms with Gasteiger partial charge in [0.1, 0.15) is 0 Å². The third-order valence-electron chi connectivity index (χ3n) is 4.37. The van der Waals surface area contributed by atoms with Gasteiger partial charge in [0.15, 0.2) is 17.0 Å². The molecule has 4 heterocycles. The highest BCUT2D eigenvalue weighted by Crippen LogP contribution is 2.31. The number of rotatable bonds is 2. The lowest BCUT2D eigenvalue weighted by Crippen LogP contribution is -2.07. The summed E-state index contributed by atoms with van der Waals surface area (Å²) in [4.78, 5) is 3.26. The molecule has 0 aliphatic carbocycles. The van der Waals surface area contributed by atoms with Crippen LogP contribution in [-0.4, -0.2) is 29.9 Å². The van der Waals surface area contributed by atoms with Gasteiger partial charge in [-0.2, -0.15) is 18.2 Å². The highest BCUT2D eigenvalue weighted by atomic mass is 19.4. The molecule has 4 aromatic heterocycles. The molecule has 0 saturated carbocycles. The molecule has 0 spiro atoms. The van der Waals surface area contributed by atoms with E-state index in [1.165, 1.54) is 0 Å². The molecule has 0 atom stereocenters. The summed E-state index contributed by atoms with van der Waals surface area (Å²) in [6.07, 6.45) is -2.93. The summed E-state index contributed by atoms with van der Waals surface area (Å²) in [5, 5.41) is 17.9. The van der Waals surface area contributed by atoms with Crippen molar-refractivity contribution in [3.63, 3.8) is 0 Å². The number of nitrogens with one attached hydrogen (secondary N) is 1. The Kier molecular flexibility index (Phi) is 4.11. The highest BCUT2D eigenvalue weighted by molar-refractivity contribution is 5.93. The van der Waals surface area contributed by atoms with Gasteiger partial charge < -0.3 is 9.05 Å². The van der Waals surface area contributed by atoms with Crippen molar-refractivity contribution in [3.8, 4) is 11.8 Å². The molecule has 12 heteroatoms. The Bertz CT molecular complexity index is 1490. The van der Waals surface area contributed by atoms with Crippen molar-refractivity contribution in [1.82, 2.24) is 29.9 Å². The summed E-state index contributed by atoms with van der Waals surface area (Å²) < 4.78 is 49.7. The van der Waals surface area contributed by atoms with Crippen molar-refractivity contribution >= 4 is 28.4 Å². The molecule has 0 aliphatic rings. The van der Waals surface area contributed by atoms with Crippen LogP contribution in [0.2, 0.25) is 0 Å². The van der Waals surface area contributed by atoms with Gasteiger partial charge in [0.2, 0.25) is 5.82 Å². The van der Waals surface area contributed by atoms with Crippen LogP contribution in [0, 0.1) is 18.8 Å². The molecule has 5 aromatic rings. The predicted molar refractivity (Wildman–Crippen MR) is 100 cm³/mol. The molecule has 0 aliphatic heterocycles. The molecular formula is C19H10F3N7O2. The van der Waals surface area contributed by atoms with Gasteiger partial charge in [0.05, 0.1) is 10.9 Å². The second-order valence-electron chi connectivity index (χ2n) is 6.41. The number of anilines is 2. The van der Waals surface area contributed by atoms with E-state index in [1.807, 2.05) is 19.1 Å². The van der Waals surface area contributed by atoms with Gasteiger partial charge in [-0.3, -0.25) is 9.72 Å². The maximum absolute atomic E-state index is 12.7. The number of pyridine rings is 1. The van der Waals surface area contributed by atoms with Gasteiger partial charge in [-0.1, -0.05) is 23.2 Å². The first kappa shape index (κ1) is 18.6. The fraction of sp³-hybridized carbons (Fsp3) is 0.105. The van der Waals surface area contributed by atoms with Crippen LogP contribution in [-0.2, 0) is 6.18 Å². The first-order valence-electron chi connectivity index (χ1n) is 8.79. The van der Waals surface area contributed by atoms with E-state index in [0.717, 1.165) is 5.56 Å². The number of nitrogens with zero attached hydrogens (tertiary/aromatic N) is 6. The van der Waals surface area contributed by atoms with Crippen molar-refractivity contribution < 1.29 is 22.2 Å². The van der Waals surface area contributed by atoms with E-state index in [-0.39, 0.29) is 5.82 Å². The Labute approximate surface area is 170 Å². The van der Waals surface area contributed by atoms with Crippen LogP contribution in [0.4, 0.5) is 25.0 Å². The minimum absolute atomic E-state index is 0.114. The average Bonchev–Trinajstić information content (AvgIpc) is 3.46. The SMILES string of the molecule is Cc1ccc2c(Nc3nc(C(F)(F)F)no3)noc2c1C#Cc1nnc2ccccn12. The van der Waals surface area contributed by atoms with E-state index >= 15 is 0 Å². The predicted octanol–water partition coefficient (Wildman–Crippen LogP) is 3.72. The number of aryl methyl sites for hydroxylation is 1. The molecule has 0 saturated heterocycles. The van der Waals surface area contributed by atoms with Gasteiger partial charge in [-0.05, 0) is 41.8 Å². The molecule has 1 N–H and O–H groups in total. The number of benzene rings is 1. The summed E-state index contributed by atoms with van der Waals surface area (Å²) in [6, 6.07) is 8.50. The Morgan fingerprint density at radius 1 is 1.03 bits per heavy atom. The average molecular weight is 425 g/mol. The van der Waals surface area contributed by atoms with E-state index in [1.54, 1.807) is 28.8 Å². The summed E-state index contributed by atoms with van der Waals surface area (Å²) >= 11 is 0. The Balaban J connectivity index is 1.52. The van der Waals surface area contributed by atoms with Gasteiger partial charge in [-0.25, -0.2) is 0 Å². The van der Waals surface area contributed by atoms with E-state index in [4.69, 9.17) is 4.52 Å². The molecule has 31 heavy (non-hydrogen) atoms. The van der Waals surface area contributed by atoms with Gasteiger partial charge in [0.25, 0.3) is 5.82 Å². The van der Waals surface area contributed by atoms with Crippen LogP contribution in [0.1, 0.15) is 22.8 Å². The summed E-state index contributed by atoms with van der Waals surface area (Å²) in [6.45, 7) is 1.84. The molecular weight excluding hydrogens is 415 g/mol. The van der Waals surface area contributed by atoms with Crippen molar-refractivity contribution in [3.05, 3.63) is 59.3 Å². The molecule has 9 nitrogen and oxygen atoms in total. The molecule has 0 fully saturated rings. The minimum atomic E-state index is -4.72. The highest BCUT2D eigenvalue weighted by Gasteiger charge is 2.37. The maximum Gasteiger partial charge on any atom is 0.455 e. The molecule has 0 amide bonds. The first-order chi connectivity index (χ1) is 14.9. The van der Waals surface area contributed by atoms with Crippen molar-refractivity contribution in [2.24, 2.45) is 0 Å². The number of alkyl halides is 3. The monoisotopic (exact) mass is 425 g/mol. The molecule has 154 valence electrons. The van der Waals surface area contributed by atoms with E-state index in [2.05, 4.69) is 47.2 Å². The molecule has 0 radical (unpaired) electrons.